The Morgan fingerprint density at radius 2 is 1.80 bits per heavy atom. The molecule has 0 aliphatic carbocycles. The summed E-state index contributed by atoms with van der Waals surface area (Å²) >= 11 is 5.12. The van der Waals surface area contributed by atoms with E-state index >= 15 is 0 Å². The Hall–Kier alpha value is -3.65. The average Bonchev–Trinajstić information content (AvgIpc) is 3.00. The van der Waals surface area contributed by atoms with Crippen LogP contribution < -0.4 is 10.2 Å². The Labute approximate surface area is 177 Å². The number of rotatable bonds is 3. The second-order valence-corrected chi connectivity index (χ2v) is 7.16. The number of anilines is 1. The number of pyridine rings is 1. The molecule has 30 heavy (non-hydrogen) atoms. The number of aryl methyl sites for hydroxylation is 1. The molecule has 1 fully saturated rings. The topological polar surface area (TPSA) is 67.2 Å². The zero-order valence-electron chi connectivity index (χ0n) is 16.2. The number of hydrogen-bond donors (Lipinski definition) is 1. The Bertz CT molecular complexity index is 1220. The van der Waals surface area contributed by atoms with Crippen LogP contribution in [0.3, 0.4) is 0 Å². The van der Waals surface area contributed by atoms with Crippen molar-refractivity contribution in [1.29, 1.82) is 0 Å². The lowest BCUT2D eigenvalue weighted by atomic mass is 10.1. The number of halogens is 1. The van der Waals surface area contributed by atoms with Crippen molar-refractivity contribution in [2.75, 3.05) is 4.90 Å². The molecular weight excluding hydrogens is 403 g/mol. The Kier molecular flexibility index (Phi) is 5.01. The first kappa shape index (κ1) is 19.7. The molecule has 2 aromatic heterocycles. The van der Waals surface area contributed by atoms with Crippen LogP contribution in [0.1, 0.15) is 17.0 Å². The molecule has 1 N–H and O–H groups in total. The van der Waals surface area contributed by atoms with Gasteiger partial charge in [0.05, 0.1) is 5.69 Å². The quantitative estimate of drug-likeness (QED) is 0.400. The van der Waals surface area contributed by atoms with Gasteiger partial charge in [0.2, 0.25) is 0 Å². The van der Waals surface area contributed by atoms with Gasteiger partial charge in [-0.3, -0.25) is 19.9 Å². The first-order valence-electron chi connectivity index (χ1n) is 9.14. The van der Waals surface area contributed by atoms with E-state index in [1.54, 1.807) is 18.5 Å². The summed E-state index contributed by atoms with van der Waals surface area (Å²) < 4.78 is 16.3. The smallest absolute Gasteiger partial charge is 0.270 e. The second-order valence-electron chi connectivity index (χ2n) is 6.78. The molecule has 0 unspecified atom stereocenters. The molecule has 3 heterocycles. The summed E-state index contributed by atoms with van der Waals surface area (Å²) in [6, 6.07) is 11.4. The first-order valence-corrected chi connectivity index (χ1v) is 9.54. The normalized spacial score (nSPS) is 15.6. The molecule has 0 atom stereocenters. The highest BCUT2D eigenvalue weighted by molar-refractivity contribution is 7.80. The van der Waals surface area contributed by atoms with Gasteiger partial charge in [-0.2, -0.15) is 0 Å². The van der Waals surface area contributed by atoms with Crippen LogP contribution in [0, 0.1) is 19.7 Å². The molecule has 1 aromatic carbocycles. The molecular formula is C22H17FN4O2S. The molecule has 8 heteroatoms. The van der Waals surface area contributed by atoms with Crippen LogP contribution in [0.5, 0.6) is 0 Å². The van der Waals surface area contributed by atoms with Gasteiger partial charge in [0, 0.05) is 29.5 Å². The van der Waals surface area contributed by atoms with Gasteiger partial charge in [0.25, 0.3) is 11.8 Å². The van der Waals surface area contributed by atoms with Crippen molar-refractivity contribution in [1.82, 2.24) is 14.9 Å². The minimum atomic E-state index is -0.678. The van der Waals surface area contributed by atoms with Gasteiger partial charge in [0.1, 0.15) is 11.4 Å². The average molecular weight is 420 g/mol. The summed E-state index contributed by atoms with van der Waals surface area (Å²) in [7, 11) is 0. The molecule has 6 nitrogen and oxygen atoms in total. The van der Waals surface area contributed by atoms with Gasteiger partial charge in [-0.15, -0.1) is 0 Å². The highest BCUT2D eigenvalue weighted by atomic mass is 32.1. The van der Waals surface area contributed by atoms with E-state index in [-0.39, 0.29) is 16.4 Å². The summed E-state index contributed by atoms with van der Waals surface area (Å²) in [6.07, 6.45) is 4.89. The molecule has 0 bridgehead atoms. The monoisotopic (exact) mass is 420 g/mol. The maximum atomic E-state index is 14.3. The molecule has 1 aliphatic rings. The first-order chi connectivity index (χ1) is 14.4. The summed E-state index contributed by atoms with van der Waals surface area (Å²) in [4.78, 5) is 30.7. The van der Waals surface area contributed by atoms with Crippen LogP contribution in [-0.4, -0.2) is 26.5 Å². The molecule has 2 amide bonds. The van der Waals surface area contributed by atoms with E-state index < -0.39 is 17.6 Å². The van der Waals surface area contributed by atoms with Gasteiger partial charge < -0.3 is 4.57 Å². The number of para-hydroxylation sites is 1. The number of carbonyl (C=O) groups is 2. The molecule has 1 aliphatic heterocycles. The maximum Gasteiger partial charge on any atom is 0.270 e. The van der Waals surface area contributed by atoms with Crippen LogP contribution in [0.2, 0.25) is 0 Å². The van der Waals surface area contributed by atoms with Crippen molar-refractivity contribution in [2.45, 2.75) is 13.8 Å². The predicted octanol–water partition coefficient (Wildman–Crippen LogP) is 3.46. The van der Waals surface area contributed by atoms with Crippen molar-refractivity contribution in [3.8, 4) is 5.69 Å². The third kappa shape index (κ3) is 3.31. The van der Waals surface area contributed by atoms with Gasteiger partial charge >= 0.3 is 0 Å². The van der Waals surface area contributed by atoms with Crippen molar-refractivity contribution in [3.63, 3.8) is 0 Å². The molecule has 0 spiro atoms. The van der Waals surface area contributed by atoms with E-state index in [1.165, 1.54) is 24.3 Å². The fourth-order valence-corrected chi connectivity index (χ4v) is 3.76. The SMILES string of the molecule is Cc1cc(/C=C2\C(=O)NC(=S)N(c3ccccc3F)C2=O)c(C)n1-c1ccncc1. The van der Waals surface area contributed by atoms with Gasteiger partial charge in [-0.25, -0.2) is 9.29 Å². The third-order valence-corrected chi connectivity index (χ3v) is 5.17. The van der Waals surface area contributed by atoms with Crippen LogP contribution in [0.15, 0.2) is 60.4 Å². The molecule has 0 radical (unpaired) electrons. The lowest BCUT2D eigenvalue weighted by Crippen LogP contribution is -2.54. The Morgan fingerprint density at radius 3 is 2.50 bits per heavy atom. The fourth-order valence-electron chi connectivity index (χ4n) is 3.49. The van der Waals surface area contributed by atoms with Gasteiger partial charge in [-0.05, 0) is 68.0 Å². The zero-order valence-corrected chi connectivity index (χ0v) is 17.0. The summed E-state index contributed by atoms with van der Waals surface area (Å²) in [5, 5.41) is 2.32. The van der Waals surface area contributed by atoms with E-state index in [2.05, 4.69) is 10.3 Å². The van der Waals surface area contributed by atoms with E-state index in [0.29, 0.717) is 5.56 Å². The van der Waals surface area contributed by atoms with Crippen LogP contribution in [0.4, 0.5) is 10.1 Å². The minimum absolute atomic E-state index is 0.0133. The number of nitrogens with one attached hydrogen (secondary N) is 1. The highest BCUT2D eigenvalue weighted by Crippen LogP contribution is 2.27. The number of aromatic nitrogens is 2. The largest absolute Gasteiger partial charge is 0.318 e. The lowest BCUT2D eigenvalue weighted by molar-refractivity contribution is -0.122. The van der Waals surface area contributed by atoms with Crippen molar-refractivity contribution >= 4 is 40.9 Å². The zero-order chi connectivity index (χ0) is 21.4. The molecule has 0 saturated carbocycles. The number of nitrogens with zero attached hydrogens (tertiary/aromatic N) is 3. The summed E-state index contributed by atoms with van der Waals surface area (Å²) in [5.74, 6) is -1.91. The molecule has 4 rings (SSSR count). The number of thiocarbonyl (C=S) groups is 1. The predicted molar refractivity (Wildman–Crippen MR) is 116 cm³/mol. The summed E-state index contributed by atoms with van der Waals surface area (Å²) in [5.41, 5.74) is 3.25. The third-order valence-electron chi connectivity index (χ3n) is 4.89. The number of hydrogen-bond acceptors (Lipinski definition) is 4. The highest BCUT2D eigenvalue weighted by Gasteiger charge is 2.35. The standard InChI is InChI=1S/C22H17FN4O2S/c1-13-11-15(14(2)26(13)16-7-9-24-10-8-16)12-17-20(28)25-22(30)27(21(17)29)19-6-4-3-5-18(19)23/h3-12H,1-2H3,(H,25,28,30)/b17-12+. The van der Waals surface area contributed by atoms with Crippen molar-refractivity contribution < 1.29 is 14.0 Å². The number of carbonyl (C=O) groups excluding carboxylic acids is 2. The summed E-state index contributed by atoms with van der Waals surface area (Å²) in [6.45, 7) is 3.82. The minimum Gasteiger partial charge on any atom is -0.318 e. The number of benzene rings is 1. The molecule has 1 saturated heterocycles. The molecule has 150 valence electrons. The van der Waals surface area contributed by atoms with Crippen LogP contribution in [-0.2, 0) is 9.59 Å². The fraction of sp³-hybridized carbons (Fsp3) is 0.0909. The van der Waals surface area contributed by atoms with E-state index in [9.17, 15) is 14.0 Å². The van der Waals surface area contributed by atoms with Gasteiger partial charge in [-0.1, -0.05) is 12.1 Å². The second kappa shape index (κ2) is 7.64. The van der Waals surface area contributed by atoms with E-state index in [4.69, 9.17) is 12.2 Å². The number of amides is 2. The van der Waals surface area contributed by atoms with Crippen molar-refractivity contribution in [3.05, 3.63) is 83.2 Å². The molecule has 3 aromatic rings. The van der Waals surface area contributed by atoms with E-state index in [1.807, 2.05) is 36.6 Å². The van der Waals surface area contributed by atoms with Crippen molar-refractivity contribution in [2.24, 2.45) is 0 Å². The Morgan fingerprint density at radius 1 is 1.10 bits per heavy atom. The van der Waals surface area contributed by atoms with Crippen LogP contribution in [0.25, 0.3) is 11.8 Å². The van der Waals surface area contributed by atoms with E-state index in [0.717, 1.165) is 22.0 Å². The Balaban J connectivity index is 1.78. The lowest BCUT2D eigenvalue weighted by Gasteiger charge is -2.29. The van der Waals surface area contributed by atoms with Gasteiger partial charge in [0.15, 0.2) is 5.11 Å². The van der Waals surface area contributed by atoms with Crippen LogP contribution >= 0.6 is 12.2 Å². The maximum absolute atomic E-state index is 14.3.